The molecule has 0 amide bonds. The van der Waals surface area contributed by atoms with Gasteiger partial charge in [-0.1, -0.05) is 0 Å². The summed E-state index contributed by atoms with van der Waals surface area (Å²) < 4.78 is 4.73. The second-order valence-corrected chi connectivity index (χ2v) is 2.20. The topological polar surface area (TPSA) is 65.2 Å². The van der Waals surface area contributed by atoms with E-state index in [1.165, 1.54) is 12.3 Å². The third-order valence-electron chi connectivity index (χ3n) is 1.27. The van der Waals surface area contributed by atoms with Crippen molar-refractivity contribution in [2.75, 3.05) is 12.3 Å². The highest BCUT2D eigenvalue weighted by molar-refractivity contribution is 5.87. The van der Waals surface area contributed by atoms with Gasteiger partial charge in [-0.05, 0) is 19.1 Å². The maximum absolute atomic E-state index is 11.0. The Balaban J connectivity index is 0.00000144. The minimum atomic E-state index is -0.419. The van der Waals surface area contributed by atoms with Crippen molar-refractivity contribution < 1.29 is 9.53 Å². The quantitative estimate of drug-likeness (QED) is 0.734. The first-order valence-corrected chi connectivity index (χ1v) is 3.62. The normalized spacial score (nSPS) is 8.69. The van der Waals surface area contributed by atoms with Crippen molar-refractivity contribution in [3.05, 3.63) is 24.0 Å². The van der Waals surface area contributed by atoms with Crippen LogP contribution in [0.2, 0.25) is 0 Å². The molecule has 0 bridgehead atoms. The molecule has 0 aliphatic carbocycles. The van der Waals surface area contributed by atoms with E-state index in [2.05, 4.69) is 4.98 Å². The number of aromatic nitrogens is 1. The molecule has 4 nitrogen and oxygen atoms in total. The van der Waals surface area contributed by atoms with Crippen LogP contribution >= 0.6 is 12.4 Å². The summed E-state index contributed by atoms with van der Waals surface area (Å²) in [4.78, 5) is 14.8. The number of nitrogen functional groups attached to an aromatic ring is 1. The van der Waals surface area contributed by atoms with E-state index < -0.39 is 5.97 Å². The number of nitrogens with two attached hydrogens (primary N) is 1. The minimum absolute atomic E-state index is 0. The lowest BCUT2D eigenvalue weighted by atomic mass is 10.3. The number of ether oxygens (including phenoxy) is 1. The van der Waals surface area contributed by atoms with Crippen molar-refractivity contribution in [3.63, 3.8) is 0 Å². The number of carbonyl (C=O) groups is 1. The molecule has 1 aromatic heterocycles. The zero-order valence-corrected chi connectivity index (χ0v) is 8.00. The molecular weight excluding hydrogens is 192 g/mol. The number of hydrogen-bond acceptors (Lipinski definition) is 4. The molecule has 1 aromatic rings. The van der Waals surface area contributed by atoms with Crippen LogP contribution in [-0.2, 0) is 4.74 Å². The summed E-state index contributed by atoms with van der Waals surface area (Å²) in [7, 11) is 0. The predicted octanol–water partition coefficient (Wildman–Crippen LogP) is 1.26. The minimum Gasteiger partial charge on any atom is -0.461 e. The zero-order valence-electron chi connectivity index (χ0n) is 7.19. The molecule has 5 heteroatoms. The van der Waals surface area contributed by atoms with E-state index in [1.54, 1.807) is 13.0 Å². The van der Waals surface area contributed by atoms with Gasteiger partial charge >= 0.3 is 5.97 Å². The largest absolute Gasteiger partial charge is 0.461 e. The van der Waals surface area contributed by atoms with Crippen LogP contribution in [0.4, 0.5) is 5.69 Å². The van der Waals surface area contributed by atoms with Crippen LogP contribution < -0.4 is 5.73 Å². The number of carbonyl (C=O) groups excluding carboxylic acids is 1. The number of esters is 1. The van der Waals surface area contributed by atoms with Gasteiger partial charge in [0.2, 0.25) is 0 Å². The first-order valence-electron chi connectivity index (χ1n) is 3.62. The highest BCUT2D eigenvalue weighted by Crippen LogP contribution is 2.02. The number of anilines is 1. The van der Waals surface area contributed by atoms with E-state index in [-0.39, 0.29) is 18.1 Å². The lowest BCUT2D eigenvalue weighted by Gasteiger charge is -1.99. The summed E-state index contributed by atoms with van der Waals surface area (Å²) in [5.74, 6) is -0.419. The van der Waals surface area contributed by atoms with Crippen LogP contribution in [0.15, 0.2) is 18.3 Å². The smallest absolute Gasteiger partial charge is 0.356 e. The molecule has 0 fully saturated rings. The molecular formula is C8H11ClN2O2. The molecule has 0 aromatic carbocycles. The summed E-state index contributed by atoms with van der Waals surface area (Å²) in [5, 5.41) is 0. The van der Waals surface area contributed by atoms with Gasteiger partial charge in [0, 0.05) is 0 Å². The monoisotopic (exact) mass is 202 g/mol. The fourth-order valence-electron chi connectivity index (χ4n) is 0.731. The van der Waals surface area contributed by atoms with E-state index >= 15 is 0 Å². The fraction of sp³-hybridized carbons (Fsp3) is 0.250. The van der Waals surface area contributed by atoms with Gasteiger partial charge in [0.15, 0.2) is 0 Å². The Kier molecular flexibility index (Phi) is 4.84. The van der Waals surface area contributed by atoms with Crippen molar-refractivity contribution in [1.29, 1.82) is 0 Å². The molecule has 13 heavy (non-hydrogen) atoms. The molecule has 2 N–H and O–H groups in total. The Morgan fingerprint density at radius 1 is 1.62 bits per heavy atom. The van der Waals surface area contributed by atoms with Crippen LogP contribution in [0.25, 0.3) is 0 Å². The number of pyridine rings is 1. The Morgan fingerprint density at radius 3 is 2.77 bits per heavy atom. The maximum Gasteiger partial charge on any atom is 0.356 e. The Labute approximate surface area is 82.5 Å². The molecule has 0 atom stereocenters. The number of halogens is 1. The SMILES string of the molecule is CCOC(=O)c1ccc(N)cn1.Cl. The van der Waals surface area contributed by atoms with E-state index in [0.717, 1.165) is 0 Å². The van der Waals surface area contributed by atoms with Gasteiger partial charge in [-0.15, -0.1) is 12.4 Å². The van der Waals surface area contributed by atoms with E-state index in [1.807, 2.05) is 0 Å². The van der Waals surface area contributed by atoms with E-state index in [9.17, 15) is 4.79 Å². The standard InChI is InChI=1S/C8H10N2O2.ClH/c1-2-12-8(11)7-4-3-6(9)5-10-7;/h3-5H,2,9H2,1H3;1H. The van der Waals surface area contributed by atoms with Gasteiger partial charge in [0.05, 0.1) is 18.5 Å². The Morgan fingerprint density at radius 2 is 2.31 bits per heavy atom. The van der Waals surface area contributed by atoms with Crippen molar-refractivity contribution in [1.82, 2.24) is 4.98 Å². The Bertz CT molecular complexity index is 274. The summed E-state index contributed by atoms with van der Waals surface area (Å²) in [5.41, 5.74) is 6.20. The fourth-order valence-corrected chi connectivity index (χ4v) is 0.731. The summed E-state index contributed by atoms with van der Waals surface area (Å²) in [6, 6.07) is 3.15. The third kappa shape index (κ3) is 3.29. The van der Waals surface area contributed by atoms with Crippen molar-refractivity contribution in [2.24, 2.45) is 0 Å². The molecule has 0 aliphatic heterocycles. The van der Waals surface area contributed by atoms with Gasteiger partial charge in [0.1, 0.15) is 5.69 Å². The Hall–Kier alpha value is -1.29. The molecule has 0 aliphatic rings. The number of nitrogens with zero attached hydrogens (tertiary/aromatic N) is 1. The van der Waals surface area contributed by atoms with Crippen LogP contribution in [0.5, 0.6) is 0 Å². The molecule has 1 heterocycles. The summed E-state index contributed by atoms with van der Waals surface area (Å²) in [6.45, 7) is 2.10. The lowest BCUT2D eigenvalue weighted by molar-refractivity contribution is 0.0519. The number of rotatable bonds is 2. The lowest BCUT2D eigenvalue weighted by Crippen LogP contribution is -2.06. The molecule has 1 rings (SSSR count). The first-order chi connectivity index (χ1) is 5.74. The highest BCUT2D eigenvalue weighted by atomic mass is 35.5. The van der Waals surface area contributed by atoms with E-state index in [4.69, 9.17) is 10.5 Å². The van der Waals surface area contributed by atoms with Gasteiger partial charge in [-0.25, -0.2) is 9.78 Å². The molecule has 0 saturated carbocycles. The van der Waals surface area contributed by atoms with Crippen LogP contribution in [0, 0.1) is 0 Å². The molecule has 0 unspecified atom stereocenters. The number of hydrogen-bond donors (Lipinski definition) is 1. The van der Waals surface area contributed by atoms with Crippen molar-refractivity contribution in [3.8, 4) is 0 Å². The maximum atomic E-state index is 11.0. The van der Waals surface area contributed by atoms with Gasteiger partial charge in [-0.2, -0.15) is 0 Å². The van der Waals surface area contributed by atoms with Gasteiger partial charge in [-0.3, -0.25) is 0 Å². The molecule has 0 saturated heterocycles. The molecule has 72 valence electrons. The predicted molar refractivity (Wildman–Crippen MR) is 51.9 cm³/mol. The van der Waals surface area contributed by atoms with Crippen molar-refractivity contribution >= 4 is 24.1 Å². The second-order valence-electron chi connectivity index (χ2n) is 2.20. The van der Waals surface area contributed by atoms with Gasteiger partial charge in [0.25, 0.3) is 0 Å². The van der Waals surface area contributed by atoms with Crippen LogP contribution in [0.3, 0.4) is 0 Å². The molecule has 0 radical (unpaired) electrons. The summed E-state index contributed by atoms with van der Waals surface area (Å²) in [6.07, 6.45) is 1.42. The highest BCUT2D eigenvalue weighted by Gasteiger charge is 2.05. The molecule has 0 spiro atoms. The van der Waals surface area contributed by atoms with E-state index in [0.29, 0.717) is 12.3 Å². The second kappa shape index (κ2) is 5.37. The third-order valence-corrected chi connectivity index (χ3v) is 1.27. The van der Waals surface area contributed by atoms with Crippen molar-refractivity contribution in [2.45, 2.75) is 6.92 Å². The van der Waals surface area contributed by atoms with Crippen LogP contribution in [-0.4, -0.2) is 17.6 Å². The average Bonchev–Trinajstić information content (AvgIpc) is 2.06. The first kappa shape index (κ1) is 11.7. The average molecular weight is 203 g/mol. The summed E-state index contributed by atoms with van der Waals surface area (Å²) >= 11 is 0. The van der Waals surface area contributed by atoms with Gasteiger partial charge < -0.3 is 10.5 Å². The zero-order chi connectivity index (χ0) is 8.97. The van der Waals surface area contributed by atoms with Crippen LogP contribution in [0.1, 0.15) is 17.4 Å².